The second-order valence-corrected chi connectivity index (χ2v) is 2.93. The molecule has 0 aliphatic carbocycles. The Kier molecular flexibility index (Phi) is 3.25. The van der Waals surface area contributed by atoms with Crippen molar-refractivity contribution in [1.29, 1.82) is 0 Å². The molecule has 0 spiro atoms. The number of hydrogen-bond acceptors (Lipinski definition) is 3. The monoisotopic (exact) mass is 169 g/mol. The van der Waals surface area contributed by atoms with Crippen molar-refractivity contribution < 1.29 is 5.11 Å². The van der Waals surface area contributed by atoms with E-state index >= 15 is 0 Å². The van der Waals surface area contributed by atoms with E-state index in [-0.39, 0.29) is 6.10 Å². The molecule has 0 aliphatic heterocycles. The number of aryl methyl sites for hydroxylation is 1. The van der Waals surface area contributed by atoms with Gasteiger partial charge in [-0.1, -0.05) is 0 Å². The van der Waals surface area contributed by atoms with Crippen molar-refractivity contribution in [2.45, 2.75) is 19.6 Å². The largest absolute Gasteiger partial charge is 0.392 e. The summed E-state index contributed by atoms with van der Waals surface area (Å²) in [5.41, 5.74) is 1.12. The molecule has 0 saturated heterocycles. The Morgan fingerprint density at radius 2 is 2.50 bits per heavy atom. The van der Waals surface area contributed by atoms with Crippen LogP contribution in [0.15, 0.2) is 12.3 Å². The Balaban J connectivity index is 2.29. The zero-order valence-corrected chi connectivity index (χ0v) is 7.49. The van der Waals surface area contributed by atoms with Gasteiger partial charge in [-0.2, -0.15) is 5.10 Å². The van der Waals surface area contributed by atoms with Crippen LogP contribution in [0, 0.1) is 0 Å². The number of aromatic nitrogens is 2. The average molecular weight is 169 g/mol. The highest BCUT2D eigenvalue weighted by Gasteiger charge is 1.98. The van der Waals surface area contributed by atoms with Crippen LogP contribution in [0.5, 0.6) is 0 Å². The summed E-state index contributed by atoms with van der Waals surface area (Å²) < 4.78 is 1.81. The number of nitrogens with one attached hydrogen (secondary N) is 1. The molecule has 0 amide bonds. The third-order valence-corrected chi connectivity index (χ3v) is 1.67. The first-order valence-electron chi connectivity index (χ1n) is 4.06. The highest BCUT2D eigenvalue weighted by molar-refractivity contribution is 4.98. The van der Waals surface area contributed by atoms with Crippen molar-refractivity contribution in [3.05, 3.63) is 18.0 Å². The first kappa shape index (κ1) is 9.22. The van der Waals surface area contributed by atoms with Gasteiger partial charge in [0, 0.05) is 26.3 Å². The average Bonchev–Trinajstić information content (AvgIpc) is 2.36. The molecule has 1 atom stereocenters. The van der Waals surface area contributed by atoms with E-state index in [9.17, 15) is 0 Å². The Morgan fingerprint density at radius 1 is 1.75 bits per heavy atom. The molecule has 0 fully saturated rings. The first-order chi connectivity index (χ1) is 5.70. The summed E-state index contributed by atoms with van der Waals surface area (Å²) in [6, 6.07) is 1.95. The van der Waals surface area contributed by atoms with Crippen LogP contribution in [0.2, 0.25) is 0 Å². The van der Waals surface area contributed by atoms with Crippen molar-refractivity contribution in [1.82, 2.24) is 15.1 Å². The lowest BCUT2D eigenvalue weighted by atomic mass is 10.4. The van der Waals surface area contributed by atoms with Gasteiger partial charge >= 0.3 is 0 Å². The summed E-state index contributed by atoms with van der Waals surface area (Å²) in [5, 5.41) is 16.1. The summed E-state index contributed by atoms with van der Waals surface area (Å²) in [7, 11) is 1.90. The number of aliphatic hydroxyl groups excluding tert-OH is 1. The standard InChI is InChI=1S/C8H15N3O/c1-7(12)5-9-6-8-3-4-10-11(8)2/h3-4,7,9,12H,5-6H2,1-2H3. The van der Waals surface area contributed by atoms with Gasteiger partial charge in [-0.25, -0.2) is 0 Å². The molecule has 1 unspecified atom stereocenters. The molecule has 1 rings (SSSR count). The maximum absolute atomic E-state index is 8.97. The highest BCUT2D eigenvalue weighted by atomic mass is 16.3. The fourth-order valence-corrected chi connectivity index (χ4v) is 0.984. The van der Waals surface area contributed by atoms with Crippen molar-refractivity contribution in [2.75, 3.05) is 6.54 Å². The Labute approximate surface area is 72.2 Å². The Hall–Kier alpha value is -0.870. The van der Waals surface area contributed by atoms with E-state index in [0.717, 1.165) is 12.2 Å². The van der Waals surface area contributed by atoms with Crippen LogP contribution < -0.4 is 5.32 Å². The third-order valence-electron chi connectivity index (χ3n) is 1.67. The lowest BCUT2D eigenvalue weighted by Crippen LogP contribution is -2.24. The van der Waals surface area contributed by atoms with Gasteiger partial charge in [0.05, 0.1) is 11.8 Å². The molecule has 2 N–H and O–H groups in total. The summed E-state index contributed by atoms with van der Waals surface area (Å²) in [6.45, 7) is 3.13. The first-order valence-corrected chi connectivity index (χ1v) is 4.06. The number of nitrogens with zero attached hydrogens (tertiary/aromatic N) is 2. The lowest BCUT2D eigenvalue weighted by Gasteiger charge is -2.06. The minimum Gasteiger partial charge on any atom is -0.392 e. The molecular weight excluding hydrogens is 154 g/mol. The van der Waals surface area contributed by atoms with Gasteiger partial charge < -0.3 is 10.4 Å². The lowest BCUT2D eigenvalue weighted by molar-refractivity contribution is 0.190. The molecule has 0 saturated carbocycles. The molecule has 0 aromatic carbocycles. The van der Waals surface area contributed by atoms with Crippen LogP contribution in [0.3, 0.4) is 0 Å². The maximum Gasteiger partial charge on any atom is 0.0636 e. The van der Waals surface area contributed by atoms with E-state index < -0.39 is 0 Å². The van der Waals surface area contributed by atoms with E-state index in [1.54, 1.807) is 13.1 Å². The van der Waals surface area contributed by atoms with E-state index in [1.165, 1.54) is 0 Å². The quantitative estimate of drug-likeness (QED) is 0.661. The van der Waals surface area contributed by atoms with Crippen molar-refractivity contribution in [3.8, 4) is 0 Å². The second-order valence-electron chi connectivity index (χ2n) is 2.93. The fourth-order valence-electron chi connectivity index (χ4n) is 0.984. The smallest absolute Gasteiger partial charge is 0.0636 e. The summed E-state index contributed by atoms with van der Waals surface area (Å²) in [6.07, 6.45) is 1.47. The Morgan fingerprint density at radius 3 is 3.00 bits per heavy atom. The topological polar surface area (TPSA) is 50.1 Å². The zero-order valence-electron chi connectivity index (χ0n) is 7.49. The fraction of sp³-hybridized carbons (Fsp3) is 0.625. The van der Waals surface area contributed by atoms with Crippen molar-refractivity contribution in [2.24, 2.45) is 7.05 Å². The molecule has 0 bridgehead atoms. The molecule has 68 valence electrons. The van der Waals surface area contributed by atoms with Gasteiger partial charge in [0.2, 0.25) is 0 Å². The molecule has 1 aromatic heterocycles. The summed E-state index contributed by atoms with van der Waals surface area (Å²) in [5.74, 6) is 0. The molecule has 1 aromatic rings. The minimum absolute atomic E-state index is 0.293. The van der Waals surface area contributed by atoms with Crippen LogP contribution in [0.4, 0.5) is 0 Å². The highest BCUT2D eigenvalue weighted by Crippen LogP contribution is 1.94. The Bertz CT molecular complexity index is 232. The number of rotatable bonds is 4. The minimum atomic E-state index is -0.293. The molecule has 4 heteroatoms. The van der Waals surface area contributed by atoms with Crippen LogP contribution in [0.1, 0.15) is 12.6 Å². The predicted molar refractivity (Wildman–Crippen MR) is 46.6 cm³/mol. The van der Waals surface area contributed by atoms with Gasteiger partial charge in [-0.05, 0) is 13.0 Å². The molecule has 0 aliphatic rings. The van der Waals surface area contributed by atoms with Gasteiger partial charge in [-0.15, -0.1) is 0 Å². The van der Waals surface area contributed by atoms with Gasteiger partial charge in [0.1, 0.15) is 0 Å². The van der Waals surface area contributed by atoms with Gasteiger partial charge in [-0.3, -0.25) is 4.68 Å². The van der Waals surface area contributed by atoms with E-state index in [2.05, 4.69) is 10.4 Å². The third kappa shape index (κ3) is 2.64. The van der Waals surface area contributed by atoms with Crippen molar-refractivity contribution >= 4 is 0 Å². The van der Waals surface area contributed by atoms with E-state index in [0.29, 0.717) is 6.54 Å². The number of hydrogen-bond donors (Lipinski definition) is 2. The summed E-state index contributed by atoms with van der Waals surface area (Å²) >= 11 is 0. The second kappa shape index (κ2) is 4.23. The number of aliphatic hydroxyl groups is 1. The van der Waals surface area contributed by atoms with Crippen LogP contribution in [0.25, 0.3) is 0 Å². The van der Waals surface area contributed by atoms with Crippen LogP contribution in [-0.4, -0.2) is 27.5 Å². The van der Waals surface area contributed by atoms with Crippen LogP contribution >= 0.6 is 0 Å². The van der Waals surface area contributed by atoms with E-state index in [1.807, 2.05) is 17.8 Å². The summed E-state index contributed by atoms with van der Waals surface area (Å²) in [4.78, 5) is 0. The normalized spacial score (nSPS) is 13.2. The SMILES string of the molecule is CC(O)CNCc1ccnn1C. The molecular formula is C8H15N3O. The van der Waals surface area contributed by atoms with Gasteiger partial charge in [0.25, 0.3) is 0 Å². The van der Waals surface area contributed by atoms with Crippen molar-refractivity contribution in [3.63, 3.8) is 0 Å². The molecule has 12 heavy (non-hydrogen) atoms. The predicted octanol–water partition coefficient (Wildman–Crippen LogP) is -0.110. The maximum atomic E-state index is 8.97. The van der Waals surface area contributed by atoms with E-state index in [4.69, 9.17) is 5.11 Å². The van der Waals surface area contributed by atoms with Gasteiger partial charge in [0.15, 0.2) is 0 Å². The zero-order chi connectivity index (χ0) is 8.97. The molecule has 0 radical (unpaired) electrons. The molecule has 4 nitrogen and oxygen atoms in total. The molecule has 1 heterocycles. The van der Waals surface area contributed by atoms with Crippen LogP contribution in [-0.2, 0) is 13.6 Å².